The first-order chi connectivity index (χ1) is 8.69. The molecule has 0 radical (unpaired) electrons. The molecule has 0 fully saturated rings. The molecule has 3 heteroatoms. The lowest BCUT2D eigenvalue weighted by molar-refractivity contribution is 0.178. The highest BCUT2D eigenvalue weighted by Crippen LogP contribution is 2.21. The van der Waals surface area contributed by atoms with Gasteiger partial charge >= 0.3 is 0 Å². The smallest absolute Gasteiger partial charge is 0.167 e. The maximum Gasteiger partial charge on any atom is 0.167 e. The molecule has 1 rings (SSSR count). The van der Waals surface area contributed by atoms with E-state index in [1.54, 1.807) is 19.1 Å². The Bertz CT molecular complexity index is 354. The number of hydrogen-bond acceptors (Lipinski definition) is 2. The van der Waals surface area contributed by atoms with Crippen LogP contribution in [0.1, 0.15) is 38.7 Å². The lowest BCUT2D eigenvalue weighted by Gasteiger charge is -2.20. The van der Waals surface area contributed by atoms with Gasteiger partial charge in [0.05, 0.1) is 0 Å². The lowest BCUT2D eigenvalue weighted by atomic mass is 10.2. The molecule has 0 saturated heterocycles. The maximum atomic E-state index is 13.8. The third-order valence-electron chi connectivity index (χ3n) is 2.86. The summed E-state index contributed by atoms with van der Waals surface area (Å²) >= 11 is 0. The van der Waals surface area contributed by atoms with Crippen LogP contribution in [0.3, 0.4) is 0 Å². The summed E-state index contributed by atoms with van der Waals surface area (Å²) in [5.41, 5.74) is 0.629. The molecule has 0 aliphatic rings. The minimum Gasteiger partial charge on any atom is -0.486 e. The van der Waals surface area contributed by atoms with Gasteiger partial charge in [-0.1, -0.05) is 32.4 Å². The van der Waals surface area contributed by atoms with Gasteiger partial charge in [0.25, 0.3) is 0 Å². The van der Waals surface area contributed by atoms with E-state index in [9.17, 15) is 4.39 Å². The topological polar surface area (TPSA) is 21.3 Å². The summed E-state index contributed by atoms with van der Waals surface area (Å²) < 4.78 is 19.6. The molecule has 1 aromatic carbocycles. The predicted octanol–water partition coefficient (Wildman–Crippen LogP) is 3.68. The molecule has 1 atom stereocenters. The van der Waals surface area contributed by atoms with Crippen LogP contribution < -0.4 is 10.1 Å². The predicted molar refractivity (Wildman–Crippen MR) is 73.6 cm³/mol. The molecule has 0 aliphatic heterocycles. The lowest BCUT2D eigenvalue weighted by Crippen LogP contribution is -2.32. The van der Waals surface area contributed by atoms with Crippen molar-refractivity contribution in [2.45, 2.75) is 46.1 Å². The highest BCUT2D eigenvalue weighted by molar-refractivity contribution is 5.30. The van der Waals surface area contributed by atoms with E-state index in [4.69, 9.17) is 4.74 Å². The molecule has 18 heavy (non-hydrogen) atoms. The fourth-order valence-corrected chi connectivity index (χ4v) is 1.86. The van der Waals surface area contributed by atoms with Crippen LogP contribution in [-0.2, 0) is 0 Å². The summed E-state index contributed by atoms with van der Waals surface area (Å²) in [5.74, 6) is 0.126. The minimum atomic E-state index is -0.242. The van der Waals surface area contributed by atoms with Crippen LogP contribution in [0.4, 0.5) is 4.39 Å². The Morgan fingerprint density at radius 2 is 2.06 bits per heavy atom. The standard InChI is InChI=1S/C15H24FNO/c1-4-7-13(11-17-10-5-2)18-14-9-6-8-12(3)15(14)16/h6,8-9,13,17H,4-5,7,10-11H2,1-3H3. The van der Waals surface area contributed by atoms with Crippen molar-refractivity contribution in [2.24, 2.45) is 0 Å². The second-order valence-corrected chi connectivity index (χ2v) is 4.62. The fourth-order valence-electron chi connectivity index (χ4n) is 1.86. The molecular weight excluding hydrogens is 229 g/mol. The first-order valence-electron chi connectivity index (χ1n) is 6.81. The molecule has 0 bridgehead atoms. The monoisotopic (exact) mass is 253 g/mol. The zero-order chi connectivity index (χ0) is 13.4. The first-order valence-corrected chi connectivity index (χ1v) is 6.81. The average Bonchev–Trinajstić information content (AvgIpc) is 2.35. The highest BCUT2D eigenvalue weighted by Gasteiger charge is 2.13. The van der Waals surface area contributed by atoms with Crippen molar-refractivity contribution in [1.82, 2.24) is 5.32 Å². The molecule has 0 spiro atoms. The molecule has 102 valence electrons. The summed E-state index contributed by atoms with van der Waals surface area (Å²) in [6, 6.07) is 5.29. The third-order valence-corrected chi connectivity index (χ3v) is 2.86. The van der Waals surface area contributed by atoms with Gasteiger partial charge in [0.1, 0.15) is 6.10 Å². The van der Waals surface area contributed by atoms with E-state index >= 15 is 0 Å². The van der Waals surface area contributed by atoms with Crippen LogP contribution >= 0.6 is 0 Å². The van der Waals surface area contributed by atoms with Crippen LogP contribution in [0.5, 0.6) is 5.75 Å². The number of halogens is 1. The van der Waals surface area contributed by atoms with Crippen molar-refractivity contribution in [3.8, 4) is 5.75 Å². The summed E-state index contributed by atoms with van der Waals surface area (Å²) in [7, 11) is 0. The van der Waals surface area contributed by atoms with Gasteiger partial charge in [-0.15, -0.1) is 0 Å². The fraction of sp³-hybridized carbons (Fsp3) is 0.600. The molecular formula is C15H24FNO. The molecule has 0 aliphatic carbocycles. The van der Waals surface area contributed by atoms with E-state index in [0.717, 1.165) is 32.4 Å². The largest absolute Gasteiger partial charge is 0.486 e. The van der Waals surface area contributed by atoms with Crippen molar-refractivity contribution in [3.63, 3.8) is 0 Å². The zero-order valence-electron chi connectivity index (χ0n) is 11.6. The number of nitrogens with one attached hydrogen (secondary N) is 1. The van der Waals surface area contributed by atoms with E-state index in [1.807, 2.05) is 6.07 Å². The number of ether oxygens (including phenoxy) is 1. The van der Waals surface area contributed by atoms with Crippen molar-refractivity contribution in [2.75, 3.05) is 13.1 Å². The van der Waals surface area contributed by atoms with Gasteiger partial charge in [-0.25, -0.2) is 4.39 Å². The van der Waals surface area contributed by atoms with Crippen LogP contribution in [0.2, 0.25) is 0 Å². The summed E-state index contributed by atoms with van der Waals surface area (Å²) in [6.45, 7) is 7.74. The van der Waals surface area contributed by atoms with E-state index in [0.29, 0.717) is 11.3 Å². The van der Waals surface area contributed by atoms with E-state index < -0.39 is 0 Å². The molecule has 0 heterocycles. The van der Waals surface area contributed by atoms with Crippen molar-refractivity contribution < 1.29 is 9.13 Å². The van der Waals surface area contributed by atoms with Gasteiger partial charge < -0.3 is 10.1 Å². The number of rotatable bonds is 8. The molecule has 1 aromatic rings. The Hall–Kier alpha value is -1.09. The van der Waals surface area contributed by atoms with Crippen molar-refractivity contribution in [1.29, 1.82) is 0 Å². The van der Waals surface area contributed by atoms with Crippen molar-refractivity contribution >= 4 is 0 Å². The number of benzene rings is 1. The quantitative estimate of drug-likeness (QED) is 0.714. The summed E-state index contributed by atoms with van der Waals surface area (Å²) in [6.07, 6.45) is 3.10. The van der Waals surface area contributed by atoms with Gasteiger partial charge in [-0.3, -0.25) is 0 Å². The molecule has 1 unspecified atom stereocenters. The van der Waals surface area contributed by atoms with Crippen LogP contribution in [-0.4, -0.2) is 19.2 Å². The van der Waals surface area contributed by atoms with Gasteiger partial charge in [-0.2, -0.15) is 0 Å². The molecule has 2 nitrogen and oxygen atoms in total. The molecule has 1 N–H and O–H groups in total. The third kappa shape index (κ3) is 4.65. The zero-order valence-corrected chi connectivity index (χ0v) is 11.6. The van der Waals surface area contributed by atoms with Gasteiger partial charge in [0, 0.05) is 6.54 Å². The maximum absolute atomic E-state index is 13.8. The number of hydrogen-bond donors (Lipinski definition) is 1. The Labute approximate surface area is 110 Å². The normalized spacial score (nSPS) is 12.4. The molecule has 0 amide bonds. The SMILES string of the molecule is CCCNCC(CCC)Oc1cccc(C)c1F. The van der Waals surface area contributed by atoms with Crippen LogP contribution in [0.25, 0.3) is 0 Å². The van der Waals surface area contributed by atoms with E-state index in [1.165, 1.54) is 0 Å². The van der Waals surface area contributed by atoms with Crippen LogP contribution in [0.15, 0.2) is 18.2 Å². The van der Waals surface area contributed by atoms with Gasteiger partial charge in [0.2, 0.25) is 0 Å². The first kappa shape index (κ1) is 15.0. The summed E-state index contributed by atoms with van der Waals surface area (Å²) in [5, 5.41) is 3.33. The minimum absolute atomic E-state index is 0.0397. The Morgan fingerprint density at radius 1 is 1.28 bits per heavy atom. The molecule has 0 saturated carbocycles. The Balaban J connectivity index is 2.61. The van der Waals surface area contributed by atoms with Crippen LogP contribution in [0, 0.1) is 12.7 Å². The van der Waals surface area contributed by atoms with E-state index in [-0.39, 0.29) is 11.9 Å². The van der Waals surface area contributed by atoms with Gasteiger partial charge in [0.15, 0.2) is 11.6 Å². The van der Waals surface area contributed by atoms with Crippen molar-refractivity contribution in [3.05, 3.63) is 29.6 Å². The highest BCUT2D eigenvalue weighted by atomic mass is 19.1. The Morgan fingerprint density at radius 3 is 2.72 bits per heavy atom. The average molecular weight is 253 g/mol. The Kier molecular flexibility index (Phi) is 6.73. The molecule has 0 aromatic heterocycles. The second kappa shape index (κ2) is 8.09. The van der Waals surface area contributed by atoms with Gasteiger partial charge in [-0.05, 0) is 37.9 Å². The summed E-state index contributed by atoms with van der Waals surface area (Å²) in [4.78, 5) is 0. The second-order valence-electron chi connectivity index (χ2n) is 4.62. The number of aryl methyl sites for hydroxylation is 1. The van der Waals surface area contributed by atoms with E-state index in [2.05, 4.69) is 19.2 Å².